The number of ether oxygens (including phenoxy) is 1. The molecule has 0 unspecified atom stereocenters. The van der Waals surface area contributed by atoms with E-state index in [0.29, 0.717) is 22.7 Å². The van der Waals surface area contributed by atoms with Crippen molar-refractivity contribution in [2.45, 2.75) is 32.3 Å². The minimum Gasteiger partial charge on any atom is -0.485 e. The summed E-state index contributed by atoms with van der Waals surface area (Å²) in [4.78, 5) is 22.3. The van der Waals surface area contributed by atoms with Crippen molar-refractivity contribution in [1.82, 2.24) is 14.4 Å². The largest absolute Gasteiger partial charge is 0.485 e. The first-order valence-electron chi connectivity index (χ1n) is 11.0. The number of aliphatic hydroxyl groups excluding tert-OH is 2. The van der Waals surface area contributed by atoms with Gasteiger partial charge in [0.25, 0.3) is 0 Å². The minimum atomic E-state index is -1.28. The Kier molecular flexibility index (Phi) is 6.90. The van der Waals surface area contributed by atoms with Gasteiger partial charge in [0.15, 0.2) is 17.2 Å². The van der Waals surface area contributed by atoms with Crippen LogP contribution in [-0.4, -0.2) is 43.6 Å². The first-order valence-corrected chi connectivity index (χ1v) is 11.0. The van der Waals surface area contributed by atoms with Gasteiger partial charge < -0.3 is 14.9 Å². The number of hydrogen-bond donors (Lipinski definition) is 2. The summed E-state index contributed by atoms with van der Waals surface area (Å²) in [6, 6.07) is 12.0. The lowest BCUT2D eigenvalue weighted by atomic mass is 9.80. The van der Waals surface area contributed by atoms with E-state index in [4.69, 9.17) is 4.74 Å². The van der Waals surface area contributed by atoms with Crippen molar-refractivity contribution in [3.8, 4) is 5.75 Å². The Balaban J connectivity index is 1.67. The normalized spacial score (nSPS) is 11.7. The molecule has 4 aromatic rings. The van der Waals surface area contributed by atoms with E-state index in [0.717, 1.165) is 12.1 Å². The van der Waals surface area contributed by atoms with E-state index in [2.05, 4.69) is 9.97 Å². The van der Waals surface area contributed by atoms with Crippen LogP contribution in [0.15, 0.2) is 54.7 Å². The van der Waals surface area contributed by atoms with Crippen LogP contribution in [0.5, 0.6) is 5.75 Å². The third-order valence-electron chi connectivity index (χ3n) is 6.02. The molecule has 7 nitrogen and oxygen atoms in total. The zero-order valence-corrected chi connectivity index (χ0v) is 19.3. The highest BCUT2D eigenvalue weighted by Crippen LogP contribution is 2.30. The van der Waals surface area contributed by atoms with E-state index in [1.165, 1.54) is 10.5 Å². The predicted octanol–water partition coefficient (Wildman–Crippen LogP) is 3.70. The van der Waals surface area contributed by atoms with Gasteiger partial charge in [-0.25, -0.2) is 13.8 Å². The van der Waals surface area contributed by atoms with Crippen LogP contribution in [0.25, 0.3) is 5.65 Å². The molecular formula is C26H25F2N3O4. The van der Waals surface area contributed by atoms with Gasteiger partial charge in [-0.05, 0) is 50.2 Å². The Morgan fingerprint density at radius 1 is 1.00 bits per heavy atom. The molecule has 4 rings (SSSR count). The van der Waals surface area contributed by atoms with Crippen molar-refractivity contribution in [3.63, 3.8) is 0 Å². The van der Waals surface area contributed by atoms with Gasteiger partial charge >= 0.3 is 0 Å². The summed E-state index contributed by atoms with van der Waals surface area (Å²) in [5.74, 6) is -1.56. The van der Waals surface area contributed by atoms with Crippen molar-refractivity contribution in [3.05, 3.63) is 94.7 Å². The number of aliphatic hydroxyl groups is 2. The van der Waals surface area contributed by atoms with Gasteiger partial charge in [0.1, 0.15) is 23.9 Å². The summed E-state index contributed by atoms with van der Waals surface area (Å²) < 4.78 is 35.2. The number of aromatic nitrogens is 3. The first-order chi connectivity index (χ1) is 16.8. The minimum absolute atomic E-state index is 0.212. The molecule has 0 radical (unpaired) electrons. The second-order valence-corrected chi connectivity index (χ2v) is 8.46. The van der Waals surface area contributed by atoms with Gasteiger partial charge in [0, 0.05) is 18.3 Å². The number of carbonyl (C=O) groups is 1. The molecule has 182 valence electrons. The molecule has 0 aliphatic heterocycles. The van der Waals surface area contributed by atoms with Crippen LogP contribution < -0.4 is 4.74 Å². The molecular weight excluding hydrogens is 456 g/mol. The Morgan fingerprint density at radius 2 is 1.69 bits per heavy atom. The molecule has 3 aromatic heterocycles. The standard InChI is InChI=1S/C26H25F2N3O4/c1-16-6-3-10-23(29-16)26(14-32,15-33)12-21(34)24-17(2)30-25-22(9-5-11-31(24)25)35-13-18-19(27)7-4-8-20(18)28/h3-11,32-33H,12-15H2,1-2H3. The number of rotatable bonds is 9. The molecule has 0 atom stereocenters. The fourth-order valence-electron chi connectivity index (χ4n) is 4.07. The molecule has 1 aromatic carbocycles. The summed E-state index contributed by atoms with van der Waals surface area (Å²) in [6.07, 6.45) is 1.42. The number of fused-ring (bicyclic) bond motifs is 1. The van der Waals surface area contributed by atoms with E-state index in [1.54, 1.807) is 50.4 Å². The summed E-state index contributed by atoms with van der Waals surface area (Å²) in [5, 5.41) is 20.3. The highest BCUT2D eigenvalue weighted by molar-refractivity contribution is 5.97. The molecule has 0 spiro atoms. The molecule has 2 N–H and O–H groups in total. The quantitative estimate of drug-likeness (QED) is 0.354. The van der Waals surface area contributed by atoms with Crippen LogP contribution in [0.4, 0.5) is 8.78 Å². The predicted molar refractivity (Wildman–Crippen MR) is 124 cm³/mol. The zero-order chi connectivity index (χ0) is 25.2. The molecule has 9 heteroatoms. The number of pyridine rings is 2. The molecule has 0 aliphatic rings. The number of imidazole rings is 1. The Morgan fingerprint density at radius 3 is 2.34 bits per heavy atom. The van der Waals surface area contributed by atoms with Crippen LogP contribution in [0.1, 0.15) is 39.6 Å². The van der Waals surface area contributed by atoms with E-state index in [1.807, 2.05) is 0 Å². The van der Waals surface area contributed by atoms with Gasteiger partial charge in [-0.15, -0.1) is 0 Å². The van der Waals surface area contributed by atoms with Crippen LogP contribution >= 0.6 is 0 Å². The molecule has 35 heavy (non-hydrogen) atoms. The molecule has 0 fully saturated rings. The van der Waals surface area contributed by atoms with E-state index in [-0.39, 0.29) is 35.8 Å². The molecule has 0 amide bonds. The lowest BCUT2D eigenvalue weighted by Gasteiger charge is -2.28. The maximum Gasteiger partial charge on any atom is 0.182 e. The van der Waals surface area contributed by atoms with Gasteiger partial charge in [-0.1, -0.05) is 12.1 Å². The van der Waals surface area contributed by atoms with Crippen molar-refractivity contribution in [1.29, 1.82) is 0 Å². The number of hydrogen-bond acceptors (Lipinski definition) is 6. The number of Topliss-reactive ketones (excluding diaryl/α,β-unsaturated/α-hetero) is 1. The van der Waals surface area contributed by atoms with Crippen LogP contribution in [0.3, 0.4) is 0 Å². The summed E-state index contributed by atoms with van der Waals surface area (Å²) in [7, 11) is 0. The summed E-state index contributed by atoms with van der Waals surface area (Å²) in [5.41, 5.74) is 0.578. The fraction of sp³-hybridized carbons (Fsp3) is 0.269. The zero-order valence-electron chi connectivity index (χ0n) is 19.3. The smallest absolute Gasteiger partial charge is 0.182 e. The van der Waals surface area contributed by atoms with E-state index >= 15 is 0 Å². The number of halogens is 2. The second kappa shape index (κ2) is 9.89. The molecule has 3 heterocycles. The van der Waals surface area contributed by atoms with Crippen LogP contribution in [0.2, 0.25) is 0 Å². The average Bonchev–Trinajstić information content (AvgIpc) is 3.19. The highest BCUT2D eigenvalue weighted by atomic mass is 19.1. The van der Waals surface area contributed by atoms with Gasteiger partial charge in [-0.3, -0.25) is 14.2 Å². The first kappa shape index (κ1) is 24.4. The lowest BCUT2D eigenvalue weighted by molar-refractivity contribution is 0.0771. The lowest BCUT2D eigenvalue weighted by Crippen LogP contribution is -2.38. The van der Waals surface area contributed by atoms with Gasteiger partial charge in [0.2, 0.25) is 0 Å². The third-order valence-corrected chi connectivity index (χ3v) is 6.02. The van der Waals surface area contributed by atoms with Crippen molar-refractivity contribution in [2.75, 3.05) is 13.2 Å². The number of benzene rings is 1. The molecule has 0 aliphatic carbocycles. The van der Waals surface area contributed by atoms with Gasteiger partial charge in [0.05, 0.1) is 35.6 Å². The highest BCUT2D eigenvalue weighted by Gasteiger charge is 2.37. The molecule has 0 saturated heterocycles. The Labute approximate surface area is 200 Å². The van der Waals surface area contributed by atoms with Crippen molar-refractivity contribution in [2.24, 2.45) is 0 Å². The molecule has 0 saturated carbocycles. The Hall–Kier alpha value is -3.69. The topological polar surface area (TPSA) is 97.0 Å². The SMILES string of the molecule is Cc1cccc(C(CO)(CO)CC(=O)c2c(C)nc3c(OCc4c(F)cccc4F)cccn23)n1. The molecule has 0 bridgehead atoms. The van der Waals surface area contributed by atoms with Crippen molar-refractivity contribution >= 4 is 11.4 Å². The number of aryl methyl sites for hydroxylation is 2. The maximum atomic E-state index is 14.0. The van der Waals surface area contributed by atoms with E-state index < -0.39 is 30.3 Å². The number of carbonyl (C=O) groups excluding carboxylic acids is 1. The second-order valence-electron chi connectivity index (χ2n) is 8.46. The summed E-state index contributed by atoms with van der Waals surface area (Å²) >= 11 is 0. The van der Waals surface area contributed by atoms with E-state index in [9.17, 15) is 23.8 Å². The number of ketones is 1. The Bertz CT molecular complexity index is 1360. The third kappa shape index (κ3) is 4.65. The van der Waals surface area contributed by atoms with Crippen molar-refractivity contribution < 1.29 is 28.5 Å². The average molecular weight is 481 g/mol. The fourth-order valence-corrected chi connectivity index (χ4v) is 4.07. The monoisotopic (exact) mass is 481 g/mol. The van der Waals surface area contributed by atoms with Gasteiger partial charge in [-0.2, -0.15) is 0 Å². The van der Waals surface area contributed by atoms with Crippen LogP contribution in [-0.2, 0) is 12.0 Å². The van der Waals surface area contributed by atoms with Crippen LogP contribution in [0, 0.1) is 25.5 Å². The summed E-state index contributed by atoms with van der Waals surface area (Å²) in [6.45, 7) is 2.12. The number of nitrogens with zero attached hydrogens (tertiary/aromatic N) is 3. The maximum absolute atomic E-state index is 14.0.